The molecule has 0 atom stereocenters. The topological polar surface area (TPSA) is 64.1 Å². The maximum atomic E-state index is 5.67. The predicted molar refractivity (Wildman–Crippen MR) is 105 cm³/mol. The molecule has 3 rings (SSSR count). The third-order valence-electron chi connectivity index (χ3n) is 3.76. The molecule has 0 saturated heterocycles. The number of para-hydroxylation sites is 1. The fraction of sp³-hybridized carbons (Fsp3) is 0.263. The molecule has 6 nitrogen and oxygen atoms in total. The summed E-state index contributed by atoms with van der Waals surface area (Å²) in [4.78, 5) is 0. The van der Waals surface area contributed by atoms with Gasteiger partial charge in [0.25, 0.3) is 0 Å². The normalized spacial score (nSPS) is 10.8. The molecule has 3 aromatic rings. The van der Waals surface area contributed by atoms with Crippen molar-refractivity contribution in [1.82, 2.24) is 14.9 Å². The van der Waals surface area contributed by atoms with Crippen molar-refractivity contribution in [3.8, 4) is 22.9 Å². The van der Waals surface area contributed by atoms with E-state index in [0.29, 0.717) is 17.1 Å². The van der Waals surface area contributed by atoms with Gasteiger partial charge in [-0.15, -0.1) is 0 Å². The minimum Gasteiger partial charge on any atom is -0.496 e. The minimum absolute atomic E-state index is 0.159. The van der Waals surface area contributed by atoms with Crippen LogP contribution in [0.3, 0.4) is 0 Å². The quantitative estimate of drug-likeness (QED) is 0.612. The summed E-state index contributed by atoms with van der Waals surface area (Å²) in [6.45, 7) is 4.61. The Morgan fingerprint density at radius 3 is 2.58 bits per heavy atom. The largest absolute Gasteiger partial charge is 0.496 e. The van der Waals surface area contributed by atoms with E-state index in [4.69, 9.17) is 21.7 Å². The zero-order valence-electron chi connectivity index (χ0n) is 15.0. The van der Waals surface area contributed by atoms with Crippen molar-refractivity contribution in [2.75, 3.05) is 12.5 Å². The number of rotatable bonds is 7. The molecule has 0 spiro atoms. The average Bonchev–Trinajstić information content (AvgIpc) is 3.01. The van der Waals surface area contributed by atoms with Gasteiger partial charge in [0.1, 0.15) is 11.5 Å². The number of ether oxygens (including phenoxy) is 2. The lowest BCUT2D eigenvalue weighted by atomic mass is 10.2. The third kappa shape index (κ3) is 4.05. The van der Waals surface area contributed by atoms with E-state index in [1.807, 2.05) is 62.4 Å². The molecular weight excluding hydrogens is 348 g/mol. The molecule has 7 heteroatoms. The summed E-state index contributed by atoms with van der Waals surface area (Å²) in [5.74, 6) is 2.27. The minimum atomic E-state index is 0.159. The van der Waals surface area contributed by atoms with E-state index in [-0.39, 0.29) is 6.10 Å². The summed E-state index contributed by atoms with van der Waals surface area (Å²) in [6.07, 6.45) is 0.159. The Balaban J connectivity index is 1.79. The van der Waals surface area contributed by atoms with Crippen molar-refractivity contribution >= 4 is 12.2 Å². The standard InChI is InChI=1S/C19H22N4O2S/c1-13(2)25-15-10-8-14(9-11-15)12-20-23-18(21-22-19(23)26)16-6-4-5-7-17(16)24-3/h4-11,13,20H,12H2,1-3H3,(H,22,26). The highest BCUT2D eigenvalue weighted by Crippen LogP contribution is 2.27. The fourth-order valence-corrected chi connectivity index (χ4v) is 2.78. The zero-order valence-corrected chi connectivity index (χ0v) is 15.8. The summed E-state index contributed by atoms with van der Waals surface area (Å²) in [7, 11) is 1.64. The van der Waals surface area contributed by atoms with Crippen LogP contribution in [0.5, 0.6) is 11.5 Å². The van der Waals surface area contributed by atoms with Gasteiger partial charge in [0.15, 0.2) is 5.82 Å². The van der Waals surface area contributed by atoms with Crippen LogP contribution in [0.1, 0.15) is 19.4 Å². The van der Waals surface area contributed by atoms with Crippen molar-refractivity contribution in [1.29, 1.82) is 0 Å². The number of hydrogen-bond donors (Lipinski definition) is 2. The van der Waals surface area contributed by atoms with E-state index in [2.05, 4.69) is 15.6 Å². The Kier molecular flexibility index (Phi) is 5.58. The number of hydrogen-bond acceptors (Lipinski definition) is 5. The Bertz CT molecular complexity index is 916. The number of methoxy groups -OCH3 is 1. The second-order valence-corrected chi connectivity index (χ2v) is 6.42. The van der Waals surface area contributed by atoms with Gasteiger partial charge in [-0.05, 0) is 55.9 Å². The summed E-state index contributed by atoms with van der Waals surface area (Å²) in [5.41, 5.74) is 5.27. The smallest absolute Gasteiger partial charge is 0.214 e. The van der Waals surface area contributed by atoms with Crippen LogP contribution in [0.15, 0.2) is 48.5 Å². The molecule has 0 amide bonds. The molecule has 2 aromatic carbocycles. The molecule has 0 aliphatic carbocycles. The number of aromatic amines is 1. The van der Waals surface area contributed by atoms with Crippen LogP contribution in [-0.2, 0) is 6.54 Å². The first-order chi connectivity index (χ1) is 12.6. The monoisotopic (exact) mass is 370 g/mol. The number of nitrogens with one attached hydrogen (secondary N) is 2. The van der Waals surface area contributed by atoms with Gasteiger partial charge in [-0.1, -0.05) is 24.3 Å². The van der Waals surface area contributed by atoms with Gasteiger partial charge >= 0.3 is 0 Å². The van der Waals surface area contributed by atoms with Crippen molar-refractivity contribution in [3.63, 3.8) is 0 Å². The molecule has 26 heavy (non-hydrogen) atoms. The molecule has 0 aliphatic heterocycles. The van der Waals surface area contributed by atoms with Crippen LogP contribution in [0.25, 0.3) is 11.4 Å². The van der Waals surface area contributed by atoms with Crippen LogP contribution >= 0.6 is 12.2 Å². The Labute approximate surface area is 157 Å². The van der Waals surface area contributed by atoms with E-state index < -0.39 is 0 Å². The Morgan fingerprint density at radius 2 is 1.88 bits per heavy atom. The first kappa shape index (κ1) is 18.0. The van der Waals surface area contributed by atoms with E-state index in [1.165, 1.54) is 0 Å². The highest BCUT2D eigenvalue weighted by Gasteiger charge is 2.13. The SMILES string of the molecule is COc1ccccc1-c1n[nH]c(=S)n1NCc1ccc(OC(C)C)cc1. The molecule has 0 fully saturated rings. The van der Waals surface area contributed by atoms with E-state index in [0.717, 1.165) is 22.6 Å². The van der Waals surface area contributed by atoms with Gasteiger partial charge in [0, 0.05) is 0 Å². The van der Waals surface area contributed by atoms with Gasteiger partial charge in [-0.2, -0.15) is 5.10 Å². The van der Waals surface area contributed by atoms with Crippen LogP contribution < -0.4 is 14.9 Å². The zero-order chi connectivity index (χ0) is 18.5. The second kappa shape index (κ2) is 8.05. The van der Waals surface area contributed by atoms with Crippen molar-refractivity contribution in [3.05, 3.63) is 58.9 Å². The number of aromatic nitrogens is 3. The van der Waals surface area contributed by atoms with Gasteiger partial charge in [0.2, 0.25) is 4.77 Å². The van der Waals surface area contributed by atoms with Crippen molar-refractivity contribution in [2.24, 2.45) is 0 Å². The lowest BCUT2D eigenvalue weighted by Gasteiger charge is -2.13. The van der Waals surface area contributed by atoms with Gasteiger partial charge in [-0.3, -0.25) is 0 Å². The highest BCUT2D eigenvalue weighted by atomic mass is 32.1. The van der Waals surface area contributed by atoms with E-state index in [9.17, 15) is 0 Å². The molecule has 0 saturated carbocycles. The summed E-state index contributed by atoms with van der Waals surface area (Å²) in [5, 5.41) is 7.17. The van der Waals surface area contributed by atoms with Gasteiger partial charge in [0.05, 0.1) is 25.3 Å². The molecular formula is C19H22N4O2S. The summed E-state index contributed by atoms with van der Waals surface area (Å²) in [6, 6.07) is 15.7. The number of benzene rings is 2. The van der Waals surface area contributed by atoms with Crippen LogP contribution in [-0.4, -0.2) is 28.1 Å². The van der Waals surface area contributed by atoms with Crippen molar-refractivity contribution in [2.45, 2.75) is 26.5 Å². The molecule has 0 radical (unpaired) electrons. The summed E-state index contributed by atoms with van der Waals surface area (Å²) < 4.78 is 13.3. The second-order valence-electron chi connectivity index (χ2n) is 6.03. The van der Waals surface area contributed by atoms with Gasteiger partial charge < -0.3 is 14.9 Å². The number of nitrogens with zero attached hydrogens (tertiary/aromatic N) is 2. The predicted octanol–water partition coefficient (Wildman–Crippen LogP) is 4.15. The molecule has 0 unspecified atom stereocenters. The first-order valence-electron chi connectivity index (χ1n) is 8.38. The molecule has 1 heterocycles. The molecule has 2 N–H and O–H groups in total. The van der Waals surface area contributed by atoms with Crippen LogP contribution in [0.4, 0.5) is 0 Å². The number of H-pyrrole nitrogens is 1. The fourth-order valence-electron chi connectivity index (χ4n) is 2.58. The first-order valence-corrected chi connectivity index (χ1v) is 8.79. The van der Waals surface area contributed by atoms with E-state index in [1.54, 1.807) is 11.8 Å². The maximum Gasteiger partial charge on any atom is 0.214 e. The third-order valence-corrected chi connectivity index (χ3v) is 4.03. The molecule has 0 bridgehead atoms. The average molecular weight is 370 g/mol. The maximum absolute atomic E-state index is 5.67. The van der Waals surface area contributed by atoms with E-state index >= 15 is 0 Å². The Morgan fingerprint density at radius 1 is 1.15 bits per heavy atom. The lowest BCUT2D eigenvalue weighted by molar-refractivity contribution is 0.242. The van der Waals surface area contributed by atoms with Crippen molar-refractivity contribution < 1.29 is 9.47 Å². The van der Waals surface area contributed by atoms with Crippen LogP contribution in [0, 0.1) is 4.77 Å². The summed E-state index contributed by atoms with van der Waals surface area (Å²) >= 11 is 5.36. The molecule has 136 valence electrons. The van der Waals surface area contributed by atoms with Gasteiger partial charge in [-0.25, -0.2) is 9.77 Å². The highest BCUT2D eigenvalue weighted by molar-refractivity contribution is 7.71. The molecule has 0 aliphatic rings. The van der Waals surface area contributed by atoms with Crippen LogP contribution in [0.2, 0.25) is 0 Å². The Hall–Kier alpha value is -2.80. The lowest BCUT2D eigenvalue weighted by Crippen LogP contribution is -2.16. The molecule has 1 aromatic heterocycles.